The summed E-state index contributed by atoms with van der Waals surface area (Å²) >= 11 is 0. The van der Waals surface area contributed by atoms with Crippen LogP contribution in [0.25, 0.3) is 21.5 Å². The molecule has 0 bridgehead atoms. The Morgan fingerprint density at radius 3 is 2.00 bits per heavy atom. The Bertz CT molecular complexity index is 1860. The fraction of sp³-hybridized carbons (Fsp3) is 0.275. The van der Waals surface area contributed by atoms with E-state index in [-0.39, 0.29) is 10.8 Å². The Balaban J connectivity index is 1.24. The molecule has 0 fully saturated rings. The van der Waals surface area contributed by atoms with E-state index in [4.69, 9.17) is 0 Å². The maximum Gasteiger partial charge on any atom is 0.210 e. The zero-order chi connectivity index (χ0) is 30.4. The van der Waals surface area contributed by atoms with Gasteiger partial charge in [0.2, 0.25) is 5.69 Å². The predicted molar refractivity (Wildman–Crippen MR) is 186 cm³/mol. The van der Waals surface area contributed by atoms with Gasteiger partial charge in [0, 0.05) is 47.6 Å². The van der Waals surface area contributed by atoms with Gasteiger partial charge in [0.25, 0.3) is 0 Å². The number of fused-ring (bicyclic) bond motifs is 6. The third-order valence-electron chi connectivity index (χ3n) is 9.37. The summed E-state index contributed by atoms with van der Waals surface area (Å²) in [6.45, 7) is 11.4. The molecule has 0 N–H and O–H groups in total. The largest absolute Gasteiger partial charge is 0.343 e. The average molecular weight is 567 g/mol. The lowest BCUT2D eigenvalue weighted by Crippen LogP contribution is -2.32. The summed E-state index contributed by atoms with van der Waals surface area (Å²) in [4.78, 5) is 4.78. The van der Waals surface area contributed by atoms with Crippen LogP contribution < -0.4 is 4.90 Å². The van der Waals surface area contributed by atoms with Crippen LogP contribution in [0.2, 0.25) is 0 Å². The summed E-state index contributed by atoms with van der Waals surface area (Å²) in [5.41, 5.74) is 7.96. The Morgan fingerprint density at radius 2 is 1.30 bits per heavy atom. The van der Waals surface area contributed by atoms with Crippen LogP contribution >= 0.6 is 0 Å². The lowest BCUT2D eigenvalue weighted by molar-refractivity contribution is -0.401. The second kappa shape index (κ2) is 11.1. The van der Waals surface area contributed by atoms with Gasteiger partial charge in [-0.25, -0.2) is 0 Å². The van der Waals surface area contributed by atoms with Crippen molar-refractivity contribution in [3.05, 3.63) is 132 Å². The van der Waals surface area contributed by atoms with Gasteiger partial charge in [0.05, 0.1) is 5.41 Å². The van der Waals surface area contributed by atoms with Crippen molar-refractivity contribution in [3.8, 4) is 0 Å². The van der Waals surface area contributed by atoms with Crippen molar-refractivity contribution < 1.29 is 4.58 Å². The molecule has 4 aromatic rings. The molecule has 0 atom stereocenters. The van der Waals surface area contributed by atoms with Crippen LogP contribution in [0.4, 0.5) is 11.4 Å². The van der Waals surface area contributed by atoms with Crippen LogP contribution in [0.5, 0.6) is 0 Å². The van der Waals surface area contributed by atoms with Crippen molar-refractivity contribution in [1.29, 1.82) is 0 Å². The molecule has 0 unspecified atom stereocenters. The van der Waals surface area contributed by atoms with Gasteiger partial charge in [0.1, 0.15) is 7.05 Å². The first kappa shape index (κ1) is 28.9. The van der Waals surface area contributed by atoms with Gasteiger partial charge in [-0.2, -0.15) is 4.58 Å². The highest BCUT2D eigenvalue weighted by Crippen LogP contribution is 2.50. The molecule has 43 heavy (non-hydrogen) atoms. The zero-order valence-corrected chi connectivity index (χ0v) is 26.7. The van der Waals surface area contributed by atoms with Crippen LogP contribution in [0.3, 0.4) is 0 Å². The number of hydrogen-bond acceptors (Lipinski definition) is 2. The maximum absolute atomic E-state index is 2.52. The molecule has 3 nitrogen and oxygen atoms in total. The topological polar surface area (TPSA) is 9.49 Å². The first-order valence-corrected chi connectivity index (χ1v) is 15.4. The van der Waals surface area contributed by atoms with Gasteiger partial charge >= 0.3 is 0 Å². The van der Waals surface area contributed by atoms with Gasteiger partial charge in [-0.3, -0.25) is 0 Å². The van der Waals surface area contributed by atoms with Gasteiger partial charge in [0.15, 0.2) is 5.71 Å². The van der Waals surface area contributed by atoms with Crippen LogP contribution in [0, 0.1) is 0 Å². The molecule has 0 saturated carbocycles. The van der Waals surface area contributed by atoms with E-state index in [0.29, 0.717) is 0 Å². The summed E-state index contributed by atoms with van der Waals surface area (Å²) in [6.07, 6.45) is 15.4. The van der Waals surface area contributed by atoms with E-state index in [9.17, 15) is 0 Å². The molecule has 0 saturated heterocycles. The van der Waals surface area contributed by atoms with Gasteiger partial charge < -0.3 is 9.80 Å². The molecule has 3 heteroatoms. The molecule has 0 aliphatic carbocycles. The van der Waals surface area contributed by atoms with Crippen LogP contribution in [0.1, 0.15) is 38.8 Å². The molecule has 0 amide bonds. The molecular formula is C40H44N3+. The summed E-state index contributed by atoms with van der Waals surface area (Å²) in [6, 6.07) is 26.6. The smallest absolute Gasteiger partial charge is 0.210 e. The van der Waals surface area contributed by atoms with Crippen molar-refractivity contribution in [1.82, 2.24) is 4.90 Å². The number of rotatable bonds is 7. The molecule has 2 heterocycles. The predicted octanol–water partition coefficient (Wildman–Crippen LogP) is 8.91. The summed E-state index contributed by atoms with van der Waals surface area (Å²) in [5.74, 6) is 0. The summed E-state index contributed by atoms with van der Waals surface area (Å²) in [5, 5.41) is 5.30. The van der Waals surface area contributed by atoms with E-state index in [0.717, 1.165) is 13.1 Å². The fourth-order valence-electron chi connectivity index (χ4n) is 7.26. The van der Waals surface area contributed by atoms with E-state index in [1.807, 2.05) is 0 Å². The molecule has 2 aliphatic heterocycles. The van der Waals surface area contributed by atoms with Crippen LogP contribution in [-0.4, -0.2) is 49.4 Å². The Kier molecular flexibility index (Phi) is 7.48. The Hall–Kier alpha value is -4.21. The zero-order valence-electron chi connectivity index (χ0n) is 26.7. The average Bonchev–Trinajstić information content (AvgIpc) is 3.33. The van der Waals surface area contributed by atoms with E-state index in [2.05, 4.69) is 179 Å². The molecule has 6 rings (SSSR count). The van der Waals surface area contributed by atoms with Crippen molar-refractivity contribution >= 4 is 38.6 Å². The first-order valence-electron chi connectivity index (χ1n) is 15.4. The van der Waals surface area contributed by atoms with Gasteiger partial charge in [-0.1, -0.05) is 98.8 Å². The van der Waals surface area contributed by atoms with Crippen molar-refractivity contribution in [3.63, 3.8) is 0 Å². The SMILES string of the molecule is CN(C)CCN1C(=CC=CC=CC=CC2=[N+](C)c3ccc4ccccc4c3C2(C)C)C(C)(C)c2c1ccc1ccccc21. The summed E-state index contributed by atoms with van der Waals surface area (Å²) < 4.78 is 2.35. The number of nitrogens with zero attached hydrogens (tertiary/aromatic N) is 3. The molecule has 0 radical (unpaired) electrons. The van der Waals surface area contributed by atoms with E-state index in [1.165, 1.54) is 55.5 Å². The molecule has 2 aliphatic rings. The van der Waals surface area contributed by atoms with Crippen LogP contribution in [0.15, 0.2) is 121 Å². The third kappa shape index (κ3) is 4.96. The second-order valence-electron chi connectivity index (χ2n) is 13.2. The number of allylic oxidation sites excluding steroid dienone is 8. The highest BCUT2D eigenvalue weighted by Gasteiger charge is 2.44. The standard InChI is InChI=1S/C40H44N3/c1-39(2)35(42(7)33-25-23-29-17-13-15-19-31(29)37(33)39)21-11-9-8-10-12-22-36-40(3,4)38-32-20-16-14-18-30(32)24-26-34(38)43(36)28-27-41(5)6/h8-26H,27-28H2,1-7H3/q+1. The quantitative estimate of drug-likeness (QED) is 0.163. The van der Waals surface area contributed by atoms with Crippen molar-refractivity contribution in [2.45, 2.75) is 38.5 Å². The van der Waals surface area contributed by atoms with Crippen molar-refractivity contribution in [2.24, 2.45) is 0 Å². The minimum Gasteiger partial charge on any atom is -0.343 e. The van der Waals surface area contributed by atoms with Crippen molar-refractivity contribution in [2.75, 3.05) is 39.1 Å². The monoisotopic (exact) mass is 566 g/mol. The Labute approximate surface area is 257 Å². The molecule has 0 aromatic heterocycles. The number of anilines is 1. The van der Waals surface area contributed by atoms with E-state index >= 15 is 0 Å². The maximum atomic E-state index is 2.52. The first-order chi connectivity index (χ1) is 20.6. The number of hydrogen-bond donors (Lipinski definition) is 0. The number of likely N-dealkylation sites (N-methyl/N-ethyl adjacent to an activating group) is 1. The van der Waals surface area contributed by atoms with E-state index < -0.39 is 0 Å². The van der Waals surface area contributed by atoms with Crippen LogP contribution in [-0.2, 0) is 10.8 Å². The minimum absolute atomic E-state index is 0.0706. The lowest BCUT2D eigenvalue weighted by Gasteiger charge is -2.28. The van der Waals surface area contributed by atoms with E-state index in [1.54, 1.807) is 0 Å². The molecule has 4 aromatic carbocycles. The second-order valence-corrected chi connectivity index (χ2v) is 13.2. The lowest BCUT2D eigenvalue weighted by atomic mass is 9.79. The number of benzene rings is 4. The molecule has 218 valence electrons. The highest BCUT2D eigenvalue weighted by atomic mass is 15.2. The fourth-order valence-corrected chi connectivity index (χ4v) is 7.26. The Morgan fingerprint density at radius 1 is 0.698 bits per heavy atom. The highest BCUT2D eigenvalue weighted by molar-refractivity contribution is 6.07. The molecular weight excluding hydrogens is 522 g/mol. The van der Waals surface area contributed by atoms with Gasteiger partial charge in [-0.15, -0.1) is 0 Å². The molecule has 0 spiro atoms. The summed E-state index contributed by atoms with van der Waals surface area (Å²) in [7, 11) is 6.48. The minimum atomic E-state index is -0.0923. The normalized spacial score (nSPS) is 18.5. The van der Waals surface area contributed by atoms with Gasteiger partial charge in [-0.05, 0) is 73.3 Å². The third-order valence-corrected chi connectivity index (χ3v) is 9.37.